The van der Waals surface area contributed by atoms with Gasteiger partial charge in [0.1, 0.15) is 11.6 Å². The molecular formula is C23H27FN6O2S. The van der Waals surface area contributed by atoms with Gasteiger partial charge in [0, 0.05) is 55.2 Å². The van der Waals surface area contributed by atoms with Crippen LogP contribution in [-0.2, 0) is 11.3 Å². The maximum atomic E-state index is 14.3. The van der Waals surface area contributed by atoms with Crippen molar-refractivity contribution in [2.24, 2.45) is 0 Å². The molecule has 1 amide bonds. The molecule has 1 aromatic carbocycles. The van der Waals surface area contributed by atoms with Crippen molar-refractivity contribution in [3.8, 4) is 0 Å². The molecule has 8 nitrogen and oxygen atoms in total. The molecule has 1 fully saturated rings. The Labute approximate surface area is 196 Å². The highest BCUT2D eigenvalue weighted by molar-refractivity contribution is 7.15. The van der Waals surface area contributed by atoms with E-state index in [2.05, 4.69) is 31.2 Å². The van der Waals surface area contributed by atoms with E-state index in [9.17, 15) is 9.18 Å². The molecule has 3 heterocycles. The standard InChI is InChI=1S/C23H27FN6O2S/c24-19-5-4-16(22(31)27-10-9-25-17-6-11-32-12-7-17)13-20(19)28-14-18-15-29-23(33-18)30-21-3-1-2-8-26-21/h1-5,8,13,15,17,25,28H,6-7,9-12,14H2,(H,27,31)(H,26,29,30). The highest BCUT2D eigenvalue weighted by Crippen LogP contribution is 2.23. The predicted molar refractivity (Wildman–Crippen MR) is 128 cm³/mol. The van der Waals surface area contributed by atoms with Gasteiger partial charge in [-0.25, -0.2) is 14.4 Å². The number of halogens is 1. The molecule has 4 N–H and O–H groups in total. The first kappa shape index (κ1) is 23.1. The number of hydrogen-bond acceptors (Lipinski definition) is 8. The maximum absolute atomic E-state index is 14.3. The quantitative estimate of drug-likeness (QED) is 0.336. The van der Waals surface area contributed by atoms with Gasteiger partial charge in [-0.2, -0.15) is 0 Å². The summed E-state index contributed by atoms with van der Waals surface area (Å²) in [4.78, 5) is 21.9. The van der Waals surface area contributed by atoms with Gasteiger partial charge in [0.2, 0.25) is 0 Å². The molecule has 1 saturated heterocycles. The molecule has 0 radical (unpaired) electrons. The number of nitrogens with one attached hydrogen (secondary N) is 4. The van der Waals surface area contributed by atoms with Crippen LogP contribution in [0.5, 0.6) is 0 Å². The summed E-state index contributed by atoms with van der Waals surface area (Å²) < 4.78 is 19.6. The second-order valence-electron chi connectivity index (χ2n) is 7.62. The van der Waals surface area contributed by atoms with Gasteiger partial charge in [0.15, 0.2) is 5.13 Å². The molecule has 2 aromatic heterocycles. The number of benzene rings is 1. The fourth-order valence-electron chi connectivity index (χ4n) is 3.43. The number of aromatic nitrogens is 2. The van der Waals surface area contributed by atoms with Gasteiger partial charge in [-0.3, -0.25) is 4.79 Å². The lowest BCUT2D eigenvalue weighted by atomic mass is 10.1. The third-order valence-corrected chi connectivity index (χ3v) is 6.11. The molecule has 0 spiro atoms. The molecule has 3 aromatic rings. The third-order valence-electron chi connectivity index (χ3n) is 5.20. The molecule has 4 rings (SSSR count). The van der Waals surface area contributed by atoms with Crippen molar-refractivity contribution < 1.29 is 13.9 Å². The van der Waals surface area contributed by atoms with Gasteiger partial charge in [-0.15, -0.1) is 0 Å². The smallest absolute Gasteiger partial charge is 0.251 e. The van der Waals surface area contributed by atoms with E-state index >= 15 is 0 Å². The van der Waals surface area contributed by atoms with Crippen LogP contribution >= 0.6 is 11.3 Å². The molecule has 1 aliphatic heterocycles. The predicted octanol–water partition coefficient (Wildman–Crippen LogP) is 3.53. The molecular weight excluding hydrogens is 443 g/mol. The van der Waals surface area contributed by atoms with Crippen LogP contribution in [0.1, 0.15) is 28.1 Å². The zero-order chi connectivity index (χ0) is 22.9. The minimum Gasteiger partial charge on any atom is -0.381 e. The summed E-state index contributed by atoms with van der Waals surface area (Å²) in [5, 5.41) is 13.2. The van der Waals surface area contributed by atoms with Gasteiger partial charge in [-0.1, -0.05) is 17.4 Å². The van der Waals surface area contributed by atoms with Crippen LogP contribution in [0.2, 0.25) is 0 Å². The monoisotopic (exact) mass is 470 g/mol. The lowest BCUT2D eigenvalue weighted by Gasteiger charge is -2.23. The van der Waals surface area contributed by atoms with Gasteiger partial charge in [-0.05, 0) is 43.2 Å². The molecule has 174 valence electrons. The molecule has 0 bridgehead atoms. The largest absolute Gasteiger partial charge is 0.381 e. The topological polar surface area (TPSA) is 100 Å². The first-order valence-electron chi connectivity index (χ1n) is 10.9. The highest BCUT2D eigenvalue weighted by Gasteiger charge is 2.13. The number of anilines is 3. The Hall–Kier alpha value is -3.08. The summed E-state index contributed by atoms with van der Waals surface area (Å²) in [6.45, 7) is 3.13. The number of rotatable bonds is 10. The average Bonchev–Trinajstić information content (AvgIpc) is 3.29. The van der Waals surface area contributed by atoms with Gasteiger partial charge < -0.3 is 26.0 Å². The Kier molecular flexibility index (Phi) is 8.18. The number of nitrogens with zero attached hydrogens (tertiary/aromatic N) is 2. The van der Waals surface area contributed by atoms with Gasteiger partial charge >= 0.3 is 0 Å². The van der Waals surface area contributed by atoms with Crippen LogP contribution < -0.4 is 21.3 Å². The van der Waals surface area contributed by atoms with Crippen LogP contribution in [0.3, 0.4) is 0 Å². The fraction of sp³-hybridized carbons (Fsp3) is 0.348. The molecule has 0 saturated carbocycles. The Morgan fingerprint density at radius 2 is 2.03 bits per heavy atom. The van der Waals surface area contributed by atoms with E-state index in [-0.39, 0.29) is 11.6 Å². The van der Waals surface area contributed by atoms with Crippen molar-refractivity contribution in [3.63, 3.8) is 0 Å². The van der Waals surface area contributed by atoms with E-state index < -0.39 is 5.82 Å². The molecule has 10 heteroatoms. The normalized spacial score (nSPS) is 14.1. The maximum Gasteiger partial charge on any atom is 0.251 e. The van der Waals surface area contributed by atoms with Crippen molar-refractivity contribution in [1.82, 2.24) is 20.6 Å². The molecule has 33 heavy (non-hydrogen) atoms. The number of carbonyl (C=O) groups is 1. The van der Waals surface area contributed by atoms with Gasteiger partial charge in [0.25, 0.3) is 5.91 Å². The van der Waals surface area contributed by atoms with Crippen molar-refractivity contribution in [1.29, 1.82) is 0 Å². The second kappa shape index (κ2) is 11.7. The number of pyridine rings is 1. The summed E-state index contributed by atoms with van der Waals surface area (Å²) in [5.41, 5.74) is 0.683. The van der Waals surface area contributed by atoms with Crippen molar-refractivity contribution in [2.45, 2.75) is 25.4 Å². The summed E-state index contributed by atoms with van der Waals surface area (Å²) in [5.74, 6) is 0.0645. The van der Waals surface area contributed by atoms with E-state index in [4.69, 9.17) is 4.74 Å². The minimum atomic E-state index is -0.413. The summed E-state index contributed by atoms with van der Waals surface area (Å²) in [6, 6.07) is 10.3. The van der Waals surface area contributed by atoms with E-state index in [1.165, 1.54) is 29.5 Å². The lowest BCUT2D eigenvalue weighted by molar-refractivity contribution is 0.0778. The number of hydrogen-bond donors (Lipinski definition) is 4. The van der Waals surface area contributed by atoms with Crippen LogP contribution in [0.25, 0.3) is 0 Å². The Bertz CT molecular complexity index is 1040. The first-order valence-corrected chi connectivity index (χ1v) is 11.7. The Balaban J connectivity index is 1.26. The lowest BCUT2D eigenvalue weighted by Crippen LogP contribution is -2.39. The fourth-order valence-corrected chi connectivity index (χ4v) is 4.19. The Morgan fingerprint density at radius 1 is 1.15 bits per heavy atom. The highest BCUT2D eigenvalue weighted by atomic mass is 32.1. The van der Waals surface area contributed by atoms with Crippen LogP contribution in [0.4, 0.5) is 21.0 Å². The summed E-state index contributed by atoms with van der Waals surface area (Å²) in [6.07, 6.45) is 5.40. The first-order chi connectivity index (χ1) is 16.2. The van der Waals surface area contributed by atoms with Crippen LogP contribution in [-0.4, -0.2) is 48.2 Å². The SMILES string of the molecule is O=C(NCCNC1CCOCC1)c1ccc(F)c(NCc2cnc(Nc3ccccn3)s2)c1. The molecule has 0 aliphatic carbocycles. The van der Waals surface area contributed by atoms with E-state index in [0.717, 1.165) is 30.9 Å². The number of ether oxygens (including phenoxy) is 1. The zero-order valence-corrected chi connectivity index (χ0v) is 19.0. The summed E-state index contributed by atoms with van der Waals surface area (Å²) in [7, 11) is 0. The zero-order valence-electron chi connectivity index (χ0n) is 18.1. The molecule has 0 atom stereocenters. The van der Waals surface area contributed by atoms with Crippen molar-refractivity contribution in [2.75, 3.05) is 36.9 Å². The number of thiazole rings is 1. The van der Waals surface area contributed by atoms with E-state index in [0.29, 0.717) is 42.2 Å². The van der Waals surface area contributed by atoms with E-state index in [1.807, 2.05) is 18.2 Å². The van der Waals surface area contributed by atoms with Crippen molar-refractivity contribution in [3.05, 3.63) is 65.0 Å². The second-order valence-corrected chi connectivity index (χ2v) is 8.73. The third kappa shape index (κ3) is 6.95. The number of carbonyl (C=O) groups excluding carboxylic acids is 1. The van der Waals surface area contributed by atoms with Crippen LogP contribution in [0.15, 0.2) is 48.8 Å². The van der Waals surface area contributed by atoms with Crippen molar-refractivity contribution >= 4 is 33.9 Å². The average molecular weight is 471 g/mol. The summed E-state index contributed by atoms with van der Waals surface area (Å²) >= 11 is 1.45. The molecule has 0 unspecified atom stereocenters. The number of amides is 1. The van der Waals surface area contributed by atoms with E-state index in [1.54, 1.807) is 12.4 Å². The molecule has 1 aliphatic rings. The van der Waals surface area contributed by atoms with Gasteiger partial charge in [0.05, 0.1) is 12.2 Å². The Morgan fingerprint density at radius 3 is 2.85 bits per heavy atom. The minimum absolute atomic E-state index is 0.230. The van der Waals surface area contributed by atoms with Crippen LogP contribution in [0, 0.1) is 5.82 Å².